The lowest BCUT2D eigenvalue weighted by Gasteiger charge is -2.12. The van der Waals surface area contributed by atoms with E-state index in [1.807, 2.05) is 32.3 Å². The van der Waals surface area contributed by atoms with Crippen molar-refractivity contribution in [1.29, 1.82) is 0 Å². The van der Waals surface area contributed by atoms with Gasteiger partial charge in [-0.25, -0.2) is 0 Å². The maximum atomic E-state index is 11.9. The predicted molar refractivity (Wildman–Crippen MR) is 98.0 cm³/mol. The molecular weight excluding hydrogens is 338 g/mol. The van der Waals surface area contributed by atoms with E-state index in [0.29, 0.717) is 11.7 Å². The standard InChI is InChI=1S/C17H23N5O2S/c1-5-18-15(23)9-19-16(24)10-25-17-21-20-13(4)22(17)14-8-11(2)6-7-12(14)3/h6-8H,5,9-10H2,1-4H3,(H,18,23)(H,19,24). The van der Waals surface area contributed by atoms with Crippen molar-refractivity contribution in [3.8, 4) is 5.69 Å². The van der Waals surface area contributed by atoms with Gasteiger partial charge in [-0.2, -0.15) is 0 Å². The van der Waals surface area contributed by atoms with E-state index in [-0.39, 0.29) is 24.1 Å². The van der Waals surface area contributed by atoms with E-state index in [1.165, 1.54) is 11.8 Å². The lowest BCUT2D eigenvalue weighted by Crippen LogP contribution is -2.37. The van der Waals surface area contributed by atoms with Crippen LogP contribution < -0.4 is 10.6 Å². The molecule has 2 rings (SSSR count). The van der Waals surface area contributed by atoms with Crippen LogP contribution in [-0.2, 0) is 9.59 Å². The van der Waals surface area contributed by atoms with Crippen LogP contribution in [0.4, 0.5) is 0 Å². The molecule has 0 bridgehead atoms. The van der Waals surface area contributed by atoms with Crippen molar-refractivity contribution in [3.05, 3.63) is 35.2 Å². The van der Waals surface area contributed by atoms with Gasteiger partial charge >= 0.3 is 0 Å². The summed E-state index contributed by atoms with van der Waals surface area (Å²) in [6, 6.07) is 6.18. The van der Waals surface area contributed by atoms with E-state index in [2.05, 4.69) is 39.0 Å². The third kappa shape index (κ3) is 5.06. The molecule has 7 nitrogen and oxygen atoms in total. The molecule has 0 saturated carbocycles. The second-order valence-electron chi connectivity index (χ2n) is 5.67. The maximum Gasteiger partial charge on any atom is 0.239 e. The van der Waals surface area contributed by atoms with Gasteiger partial charge in [0.1, 0.15) is 5.82 Å². The smallest absolute Gasteiger partial charge is 0.239 e. The molecule has 25 heavy (non-hydrogen) atoms. The number of nitrogens with one attached hydrogen (secondary N) is 2. The molecule has 0 aliphatic rings. The van der Waals surface area contributed by atoms with E-state index in [4.69, 9.17) is 0 Å². The Balaban J connectivity index is 2.06. The quantitative estimate of drug-likeness (QED) is 0.730. The molecule has 0 saturated heterocycles. The van der Waals surface area contributed by atoms with E-state index in [0.717, 1.165) is 22.6 Å². The molecule has 1 aromatic heterocycles. The van der Waals surface area contributed by atoms with Gasteiger partial charge < -0.3 is 10.6 Å². The number of thioether (sulfide) groups is 1. The van der Waals surface area contributed by atoms with E-state index < -0.39 is 0 Å². The van der Waals surface area contributed by atoms with Crippen LogP contribution in [0.15, 0.2) is 23.4 Å². The summed E-state index contributed by atoms with van der Waals surface area (Å²) in [6.45, 7) is 8.30. The normalized spacial score (nSPS) is 10.6. The summed E-state index contributed by atoms with van der Waals surface area (Å²) in [5, 5.41) is 14.2. The second-order valence-corrected chi connectivity index (χ2v) is 6.62. The van der Waals surface area contributed by atoms with Crippen molar-refractivity contribution in [2.75, 3.05) is 18.8 Å². The summed E-state index contributed by atoms with van der Waals surface area (Å²) >= 11 is 1.30. The van der Waals surface area contributed by atoms with Crippen molar-refractivity contribution < 1.29 is 9.59 Å². The van der Waals surface area contributed by atoms with Gasteiger partial charge in [-0.15, -0.1) is 10.2 Å². The number of aromatic nitrogens is 3. The van der Waals surface area contributed by atoms with Crippen molar-refractivity contribution in [1.82, 2.24) is 25.4 Å². The molecule has 1 heterocycles. The number of benzene rings is 1. The minimum absolute atomic E-state index is 0.0179. The van der Waals surface area contributed by atoms with Crippen molar-refractivity contribution >= 4 is 23.6 Å². The highest BCUT2D eigenvalue weighted by Gasteiger charge is 2.15. The Kier molecular flexibility index (Phi) is 6.58. The molecule has 0 radical (unpaired) electrons. The van der Waals surface area contributed by atoms with Gasteiger partial charge in [-0.05, 0) is 44.9 Å². The van der Waals surface area contributed by atoms with Gasteiger partial charge in [0, 0.05) is 6.54 Å². The minimum atomic E-state index is -0.218. The fourth-order valence-electron chi connectivity index (χ4n) is 2.29. The number of carbonyl (C=O) groups excluding carboxylic acids is 2. The molecule has 0 aliphatic heterocycles. The van der Waals surface area contributed by atoms with Gasteiger partial charge in [0.25, 0.3) is 0 Å². The highest BCUT2D eigenvalue weighted by Crippen LogP contribution is 2.24. The Morgan fingerprint density at radius 2 is 1.88 bits per heavy atom. The first-order valence-corrected chi connectivity index (χ1v) is 9.06. The van der Waals surface area contributed by atoms with Crippen LogP contribution in [0.2, 0.25) is 0 Å². The first kappa shape index (κ1) is 19.0. The second kappa shape index (κ2) is 8.66. The van der Waals surface area contributed by atoms with Crippen LogP contribution >= 0.6 is 11.8 Å². The fraction of sp³-hybridized carbons (Fsp3) is 0.412. The molecule has 2 aromatic rings. The first-order chi connectivity index (χ1) is 11.9. The summed E-state index contributed by atoms with van der Waals surface area (Å²) in [7, 11) is 0. The third-order valence-electron chi connectivity index (χ3n) is 3.55. The number of amides is 2. The van der Waals surface area contributed by atoms with E-state index in [9.17, 15) is 9.59 Å². The first-order valence-electron chi connectivity index (χ1n) is 8.08. The summed E-state index contributed by atoms with van der Waals surface area (Å²) in [5.41, 5.74) is 3.26. The third-order valence-corrected chi connectivity index (χ3v) is 4.48. The molecule has 0 unspecified atom stereocenters. The van der Waals surface area contributed by atoms with Crippen molar-refractivity contribution in [2.45, 2.75) is 32.9 Å². The number of rotatable bonds is 7. The molecule has 2 amide bonds. The summed E-state index contributed by atoms with van der Waals surface area (Å²) in [5.74, 6) is 0.515. The van der Waals surface area contributed by atoms with Gasteiger partial charge in [0.15, 0.2) is 5.16 Å². The molecule has 2 N–H and O–H groups in total. The Hall–Kier alpha value is -2.35. The van der Waals surface area contributed by atoms with Gasteiger partial charge in [0.05, 0.1) is 18.0 Å². The minimum Gasteiger partial charge on any atom is -0.355 e. The number of aryl methyl sites for hydroxylation is 3. The predicted octanol–water partition coefficient (Wildman–Crippen LogP) is 1.54. The molecule has 0 fully saturated rings. The Bertz CT molecular complexity index is 772. The number of nitrogens with zero attached hydrogens (tertiary/aromatic N) is 3. The van der Waals surface area contributed by atoms with E-state index >= 15 is 0 Å². The Labute approximate surface area is 151 Å². The number of likely N-dealkylation sites (N-methyl/N-ethyl adjacent to an activating group) is 1. The highest BCUT2D eigenvalue weighted by molar-refractivity contribution is 7.99. The lowest BCUT2D eigenvalue weighted by molar-refractivity contribution is -0.124. The zero-order valence-electron chi connectivity index (χ0n) is 14.9. The summed E-state index contributed by atoms with van der Waals surface area (Å²) in [6.07, 6.45) is 0. The largest absolute Gasteiger partial charge is 0.355 e. The van der Waals surface area contributed by atoms with Crippen LogP contribution in [0.5, 0.6) is 0 Å². The Morgan fingerprint density at radius 3 is 2.60 bits per heavy atom. The van der Waals surface area contributed by atoms with Gasteiger partial charge in [-0.3, -0.25) is 14.2 Å². The molecule has 0 atom stereocenters. The molecule has 134 valence electrons. The summed E-state index contributed by atoms with van der Waals surface area (Å²) < 4.78 is 1.95. The number of carbonyl (C=O) groups is 2. The maximum absolute atomic E-state index is 11.9. The molecule has 0 aliphatic carbocycles. The van der Waals surface area contributed by atoms with Crippen molar-refractivity contribution in [3.63, 3.8) is 0 Å². The van der Waals surface area contributed by atoms with Crippen LogP contribution in [0.3, 0.4) is 0 Å². The SMILES string of the molecule is CCNC(=O)CNC(=O)CSc1nnc(C)n1-c1cc(C)ccc1C. The number of hydrogen-bond donors (Lipinski definition) is 2. The van der Waals surface area contributed by atoms with Crippen LogP contribution in [-0.4, -0.2) is 45.4 Å². The topological polar surface area (TPSA) is 88.9 Å². The van der Waals surface area contributed by atoms with Gasteiger partial charge in [-0.1, -0.05) is 23.9 Å². The lowest BCUT2D eigenvalue weighted by atomic mass is 10.1. The Morgan fingerprint density at radius 1 is 1.12 bits per heavy atom. The average molecular weight is 361 g/mol. The molecule has 0 spiro atoms. The zero-order chi connectivity index (χ0) is 18.4. The fourth-order valence-corrected chi connectivity index (χ4v) is 3.11. The molecule has 8 heteroatoms. The van der Waals surface area contributed by atoms with Crippen LogP contribution in [0.1, 0.15) is 23.9 Å². The van der Waals surface area contributed by atoms with Crippen LogP contribution in [0, 0.1) is 20.8 Å². The average Bonchev–Trinajstić information content (AvgIpc) is 2.94. The summed E-state index contributed by atoms with van der Waals surface area (Å²) in [4.78, 5) is 23.3. The monoisotopic (exact) mass is 361 g/mol. The number of hydrogen-bond acceptors (Lipinski definition) is 5. The molecule has 1 aromatic carbocycles. The highest BCUT2D eigenvalue weighted by atomic mass is 32.2. The molecular formula is C17H23N5O2S. The van der Waals surface area contributed by atoms with E-state index in [1.54, 1.807) is 0 Å². The van der Waals surface area contributed by atoms with Crippen LogP contribution in [0.25, 0.3) is 5.69 Å². The zero-order valence-corrected chi connectivity index (χ0v) is 15.7. The van der Waals surface area contributed by atoms with Crippen molar-refractivity contribution in [2.24, 2.45) is 0 Å². The van der Waals surface area contributed by atoms with Gasteiger partial charge in [0.2, 0.25) is 11.8 Å².